The highest BCUT2D eigenvalue weighted by molar-refractivity contribution is 7.89. The van der Waals surface area contributed by atoms with Gasteiger partial charge in [-0.2, -0.15) is 4.31 Å². The van der Waals surface area contributed by atoms with E-state index in [1.54, 1.807) is 29.5 Å². The van der Waals surface area contributed by atoms with Crippen LogP contribution in [0, 0.1) is 13.8 Å². The SMILES string of the molecule is CCc1ccc(-c2nc(CN3CCCN(S(=O)(=O)c4c(C)noc4C)CC3)cs2)cc1. The molecule has 4 rings (SSSR count). The summed E-state index contributed by atoms with van der Waals surface area (Å²) in [5.41, 5.74) is 3.91. The maximum absolute atomic E-state index is 13.1. The van der Waals surface area contributed by atoms with Gasteiger partial charge >= 0.3 is 0 Å². The van der Waals surface area contributed by atoms with E-state index in [9.17, 15) is 8.42 Å². The van der Waals surface area contributed by atoms with Crippen molar-refractivity contribution in [3.63, 3.8) is 0 Å². The van der Waals surface area contributed by atoms with E-state index in [1.165, 1.54) is 5.56 Å². The minimum absolute atomic E-state index is 0.208. The maximum atomic E-state index is 13.1. The Kier molecular flexibility index (Phi) is 6.57. The van der Waals surface area contributed by atoms with E-state index in [2.05, 4.69) is 46.6 Å². The topological polar surface area (TPSA) is 79.5 Å². The van der Waals surface area contributed by atoms with Gasteiger partial charge in [0.1, 0.15) is 15.6 Å². The Morgan fingerprint density at radius 1 is 1.10 bits per heavy atom. The fourth-order valence-electron chi connectivity index (χ4n) is 3.94. The first-order chi connectivity index (χ1) is 14.9. The van der Waals surface area contributed by atoms with Gasteiger partial charge in [-0.25, -0.2) is 13.4 Å². The molecular weight excluding hydrogens is 432 g/mol. The molecule has 0 atom stereocenters. The number of hydrogen-bond acceptors (Lipinski definition) is 7. The molecule has 1 aliphatic rings. The number of aryl methyl sites for hydroxylation is 3. The Morgan fingerprint density at radius 3 is 2.55 bits per heavy atom. The summed E-state index contributed by atoms with van der Waals surface area (Å²) >= 11 is 1.65. The minimum atomic E-state index is -3.60. The van der Waals surface area contributed by atoms with E-state index in [0.717, 1.165) is 42.2 Å². The number of nitrogens with zero attached hydrogens (tertiary/aromatic N) is 4. The molecule has 0 N–H and O–H groups in total. The molecule has 0 spiro atoms. The molecule has 1 saturated heterocycles. The smallest absolute Gasteiger partial charge is 0.248 e. The van der Waals surface area contributed by atoms with Crippen molar-refractivity contribution < 1.29 is 12.9 Å². The quantitative estimate of drug-likeness (QED) is 0.556. The first-order valence-electron chi connectivity index (χ1n) is 10.6. The monoisotopic (exact) mass is 460 g/mol. The third-order valence-electron chi connectivity index (χ3n) is 5.66. The average molecular weight is 461 g/mol. The molecule has 166 valence electrons. The van der Waals surface area contributed by atoms with Crippen LogP contribution >= 0.6 is 11.3 Å². The van der Waals surface area contributed by atoms with Crippen LogP contribution in [0.3, 0.4) is 0 Å². The largest absolute Gasteiger partial charge is 0.360 e. The molecule has 0 aliphatic carbocycles. The van der Waals surface area contributed by atoms with E-state index >= 15 is 0 Å². The van der Waals surface area contributed by atoms with Gasteiger partial charge in [0.25, 0.3) is 0 Å². The van der Waals surface area contributed by atoms with Gasteiger partial charge in [0.2, 0.25) is 10.0 Å². The number of benzene rings is 1. The van der Waals surface area contributed by atoms with Crippen LogP contribution in [0.2, 0.25) is 0 Å². The normalized spacial score (nSPS) is 16.5. The van der Waals surface area contributed by atoms with E-state index in [1.807, 2.05) is 0 Å². The predicted molar refractivity (Wildman–Crippen MR) is 122 cm³/mol. The van der Waals surface area contributed by atoms with Gasteiger partial charge in [0, 0.05) is 37.1 Å². The molecule has 1 fully saturated rings. The van der Waals surface area contributed by atoms with Crippen LogP contribution in [0.1, 0.15) is 36.1 Å². The Balaban J connectivity index is 1.41. The first-order valence-corrected chi connectivity index (χ1v) is 12.9. The van der Waals surface area contributed by atoms with Crippen molar-refractivity contribution in [2.75, 3.05) is 26.2 Å². The number of rotatable bonds is 6. The Labute approximate surface area is 187 Å². The summed E-state index contributed by atoms with van der Waals surface area (Å²) in [4.78, 5) is 7.30. The van der Waals surface area contributed by atoms with Crippen molar-refractivity contribution in [1.29, 1.82) is 0 Å². The molecule has 7 nitrogen and oxygen atoms in total. The first kappa shape index (κ1) is 22.1. The number of thiazole rings is 1. The molecule has 1 aromatic carbocycles. The lowest BCUT2D eigenvalue weighted by Crippen LogP contribution is -2.35. The molecule has 1 aliphatic heterocycles. The standard InChI is InChI=1S/C22H28N4O3S2/c1-4-18-6-8-19(9-7-18)22-23-20(15-30-22)14-25-10-5-11-26(13-12-25)31(27,28)21-16(2)24-29-17(21)3/h6-9,15H,4-5,10-14H2,1-3H3. The minimum Gasteiger partial charge on any atom is -0.360 e. The molecule has 0 amide bonds. The van der Waals surface area contributed by atoms with Crippen LogP contribution in [0.5, 0.6) is 0 Å². The fourth-order valence-corrected chi connectivity index (χ4v) is 6.52. The third kappa shape index (κ3) is 4.74. The highest BCUT2D eigenvalue weighted by atomic mass is 32.2. The summed E-state index contributed by atoms with van der Waals surface area (Å²) < 4.78 is 32.9. The van der Waals surface area contributed by atoms with E-state index in [-0.39, 0.29) is 4.90 Å². The van der Waals surface area contributed by atoms with Crippen LogP contribution in [-0.4, -0.2) is 53.9 Å². The van der Waals surface area contributed by atoms with Crippen molar-refractivity contribution in [2.45, 2.75) is 45.1 Å². The van der Waals surface area contributed by atoms with Gasteiger partial charge in [-0.05, 0) is 38.8 Å². The van der Waals surface area contributed by atoms with Crippen LogP contribution in [0.15, 0.2) is 39.1 Å². The molecule has 3 heterocycles. The summed E-state index contributed by atoms with van der Waals surface area (Å²) in [5, 5.41) is 6.94. The lowest BCUT2D eigenvalue weighted by Gasteiger charge is -2.21. The molecule has 0 radical (unpaired) electrons. The lowest BCUT2D eigenvalue weighted by molar-refractivity contribution is 0.276. The van der Waals surface area contributed by atoms with Crippen molar-refractivity contribution in [3.05, 3.63) is 52.4 Å². The van der Waals surface area contributed by atoms with Crippen molar-refractivity contribution >= 4 is 21.4 Å². The van der Waals surface area contributed by atoms with Crippen LogP contribution in [-0.2, 0) is 23.0 Å². The highest BCUT2D eigenvalue weighted by Gasteiger charge is 2.32. The van der Waals surface area contributed by atoms with Crippen molar-refractivity contribution in [3.8, 4) is 10.6 Å². The van der Waals surface area contributed by atoms with Crippen molar-refractivity contribution in [1.82, 2.24) is 19.3 Å². The zero-order valence-electron chi connectivity index (χ0n) is 18.2. The second-order valence-electron chi connectivity index (χ2n) is 7.88. The number of hydrogen-bond donors (Lipinski definition) is 0. The van der Waals surface area contributed by atoms with Gasteiger partial charge < -0.3 is 4.52 Å². The van der Waals surface area contributed by atoms with Crippen LogP contribution < -0.4 is 0 Å². The van der Waals surface area contributed by atoms with E-state index in [4.69, 9.17) is 9.51 Å². The number of aromatic nitrogens is 2. The molecule has 31 heavy (non-hydrogen) atoms. The summed E-state index contributed by atoms with van der Waals surface area (Å²) in [6, 6.07) is 8.56. The zero-order chi connectivity index (χ0) is 22.0. The van der Waals surface area contributed by atoms with Crippen LogP contribution in [0.25, 0.3) is 10.6 Å². The van der Waals surface area contributed by atoms with Crippen molar-refractivity contribution in [2.24, 2.45) is 0 Å². The van der Waals surface area contributed by atoms with Gasteiger partial charge in [0.15, 0.2) is 5.76 Å². The molecule has 9 heteroatoms. The summed E-state index contributed by atoms with van der Waals surface area (Å²) in [7, 11) is -3.60. The Morgan fingerprint density at radius 2 is 1.87 bits per heavy atom. The molecule has 3 aromatic rings. The van der Waals surface area contributed by atoms with Gasteiger partial charge in [0.05, 0.1) is 5.69 Å². The fraction of sp³-hybridized carbons (Fsp3) is 0.455. The summed E-state index contributed by atoms with van der Waals surface area (Å²) in [6.45, 7) is 8.64. The molecule has 0 unspecified atom stereocenters. The van der Waals surface area contributed by atoms with E-state index < -0.39 is 10.0 Å². The molecule has 0 saturated carbocycles. The molecule has 2 aromatic heterocycles. The average Bonchev–Trinajstić information content (AvgIpc) is 3.27. The predicted octanol–water partition coefficient (Wildman–Crippen LogP) is 3.87. The Bertz CT molecular complexity index is 1120. The molecular formula is C22H28N4O3S2. The lowest BCUT2D eigenvalue weighted by atomic mass is 10.1. The van der Waals surface area contributed by atoms with E-state index in [0.29, 0.717) is 31.1 Å². The highest BCUT2D eigenvalue weighted by Crippen LogP contribution is 2.26. The maximum Gasteiger partial charge on any atom is 0.248 e. The summed E-state index contributed by atoms with van der Waals surface area (Å²) in [5.74, 6) is 0.348. The second kappa shape index (κ2) is 9.20. The van der Waals surface area contributed by atoms with Crippen LogP contribution in [0.4, 0.5) is 0 Å². The number of sulfonamides is 1. The Hall–Kier alpha value is -2.07. The second-order valence-corrected chi connectivity index (χ2v) is 10.6. The summed E-state index contributed by atoms with van der Waals surface area (Å²) in [6.07, 6.45) is 1.80. The van der Waals surface area contributed by atoms with Gasteiger partial charge in [-0.15, -0.1) is 11.3 Å². The third-order valence-corrected chi connectivity index (χ3v) is 8.74. The molecule has 0 bridgehead atoms. The zero-order valence-corrected chi connectivity index (χ0v) is 19.8. The van der Waals surface area contributed by atoms with Gasteiger partial charge in [-0.3, -0.25) is 4.90 Å². The van der Waals surface area contributed by atoms with Gasteiger partial charge in [-0.1, -0.05) is 36.3 Å².